The van der Waals surface area contributed by atoms with Crippen LogP contribution >= 0.6 is 23.4 Å². The number of nitrogens with zero attached hydrogens (tertiary/aromatic N) is 3. The van der Waals surface area contributed by atoms with Crippen LogP contribution in [-0.4, -0.2) is 15.2 Å². The summed E-state index contributed by atoms with van der Waals surface area (Å²) in [5.41, 5.74) is 5.42. The van der Waals surface area contributed by atoms with Gasteiger partial charge in [0.05, 0.1) is 5.02 Å². The molecule has 2 N–H and O–H groups in total. The molecule has 0 saturated heterocycles. The van der Waals surface area contributed by atoms with Crippen molar-refractivity contribution in [2.24, 2.45) is 0 Å². The Morgan fingerprint density at radius 1 is 1.07 bits per heavy atom. The van der Waals surface area contributed by atoms with E-state index in [0.717, 1.165) is 10.1 Å². The molecule has 0 radical (unpaired) electrons. The van der Waals surface area contributed by atoms with Crippen LogP contribution in [0.15, 0.2) is 40.5 Å². The number of rotatable bonds is 2. The molecule has 76 valence electrons. The fourth-order valence-corrected chi connectivity index (χ4v) is 1.70. The Morgan fingerprint density at radius 2 is 1.87 bits per heavy atom. The zero-order chi connectivity index (χ0) is 10.7. The standard InChI is InChI=1S/C9H7ClN4S/c10-6-1-3-8(12-5-6)15-9-4-2-7(11)13-14-9/h1-5H,(H2,11,13). The summed E-state index contributed by atoms with van der Waals surface area (Å²) in [6.07, 6.45) is 1.59. The summed E-state index contributed by atoms with van der Waals surface area (Å²) in [6, 6.07) is 7.10. The van der Waals surface area contributed by atoms with E-state index in [2.05, 4.69) is 15.2 Å². The summed E-state index contributed by atoms with van der Waals surface area (Å²) in [7, 11) is 0. The Kier molecular flexibility index (Phi) is 3.03. The van der Waals surface area contributed by atoms with Crippen LogP contribution in [-0.2, 0) is 0 Å². The fraction of sp³-hybridized carbons (Fsp3) is 0. The molecule has 0 fully saturated rings. The van der Waals surface area contributed by atoms with E-state index in [1.165, 1.54) is 11.8 Å². The average Bonchev–Trinajstić information content (AvgIpc) is 2.25. The van der Waals surface area contributed by atoms with Gasteiger partial charge in [0.25, 0.3) is 0 Å². The van der Waals surface area contributed by atoms with Gasteiger partial charge in [-0.05, 0) is 36.0 Å². The lowest BCUT2D eigenvalue weighted by atomic mass is 10.5. The van der Waals surface area contributed by atoms with Gasteiger partial charge >= 0.3 is 0 Å². The minimum absolute atomic E-state index is 0.406. The van der Waals surface area contributed by atoms with E-state index in [4.69, 9.17) is 17.3 Å². The number of nitrogen functional groups attached to an aromatic ring is 1. The highest BCUT2D eigenvalue weighted by molar-refractivity contribution is 7.99. The van der Waals surface area contributed by atoms with Gasteiger partial charge in [-0.3, -0.25) is 0 Å². The summed E-state index contributed by atoms with van der Waals surface area (Å²) in [4.78, 5) is 4.13. The number of pyridine rings is 1. The Bertz CT molecular complexity index is 399. The molecular weight excluding hydrogens is 232 g/mol. The summed E-state index contributed by atoms with van der Waals surface area (Å²) in [5.74, 6) is 0.406. The lowest BCUT2D eigenvalue weighted by Crippen LogP contribution is -1.92. The van der Waals surface area contributed by atoms with Gasteiger partial charge in [0, 0.05) is 6.20 Å². The molecule has 0 spiro atoms. The van der Waals surface area contributed by atoms with Crippen molar-refractivity contribution in [3.63, 3.8) is 0 Å². The van der Waals surface area contributed by atoms with E-state index < -0.39 is 0 Å². The molecule has 2 aromatic rings. The first-order valence-corrected chi connectivity index (χ1v) is 5.32. The molecule has 0 aliphatic rings. The maximum absolute atomic E-state index is 5.72. The van der Waals surface area contributed by atoms with Crippen molar-refractivity contribution in [3.05, 3.63) is 35.5 Å². The van der Waals surface area contributed by atoms with Crippen LogP contribution in [0.25, 0.3) is 0 Å². The molecule has 0 bridgehead atoms. The van der Waals surface area contributed by atoms with Crippen LogP contribution in [0.2, 0.25) is 5.02 Å². The smallest absolute Gasteiger partial charge is 0.146 e. The third kappa shape index (κ3) is 2.81. The normalized spacial score (nSPS) is 10.2. The largest absolute Gasteiger partial charge is 0.382 e. The second-order valence-electron chi connectivity index (χ2n) is 2.71. The van der Waals surface area contributed by atoms with Crippen molar-refractivity contribution in [2.45, 2.75) is 10.1 Å². The van der Waals surface area contributed by atoms with Crippen LogP contribution in [0, 0.1) is 0 Å². The molecule has 15 heavy (non-hydrogen) atoms. The van der Waals surface area contributed by atoms with E-state index in [9.17, 15) is 0 Å². The Morgan fingerprint density at radius 3 is 2.47 bits per heavy atom. The molecule has 0 aromatic carbocycles. The van der Waals surface area contributed by atoms with E-state index in [0.29, 0.717) is 10.8 Å². The first-order valence-electron chi connectivity index (χ1n) is 4.12. The maximum atomic E-state index is 5.72. The molecule has 4 nitrogen and oxygen atoms in total. The van der Waals surface area contributed by atoms with Crippen molar-refractivity contribution in [3.8, 4) is 0 Å². The van der Waals surface area contributed by atoms with Crippen LogP contribution < -0.4 is 5.73 Å². The molecule has 0 aliphatic heterocycles. The number of anilines is 1. The SMILES string of the molecule is Nc1ccc(Sc2ccc(Cl)cn2)nn1. The second-order valence-corrected chi connectivity index (χ2v) is 4.19. The van der Waals surface area contributed by atoms with Crippen molar-refractivity contribution >= 4 is 29.2 Å². The molecule has 0 saturated carbocycles. The molecule has 6 heteroatoms. The Hall–Kier alpha value is -1.33. The highest BCUT2D eigenvalue weighted by Crippen LogP contribution is 2.24. The van der Waals surface area contributed by atoms with Gasteiger partial charge in [0.15, 0.2) is 0 Å². The molecular formula is C9H7ClN4S. The third-order valence-electron chi connectivity index (χ3n) is 1.57. The Balaban J connectivity index is 2.15. The number of aromatic nitrogens is 3. The van der Waals surface area contributed by atoms with Gasteiger partial charge in [-0.15, -0.1) is 10.2 Å². The predicted molar refractivity (Wildman–Crippen MR) is 59.8 cm³/mol. The zero-order valence-corrected chi connectivity index (χ0v) is 9.16. The quantitative estimate of drug-likeness (QED) is 0.870. The Labute approximate surface area is 95.9 Å². The van der Waals surface area contributed by atoms with Crippen molar-refractivity contribution in [1.82, 2.24) is 15.2 Å². The number of halogens is 1. The van der Waals surface area contributed by atoms with Gasteiger partial charge in [-0.1, -0.05) is 11.6 Å². The molecule has 2 rings (SSSR count). The van der Waals surface area contributed by atoms with E-state index >= 15 is 0 Å². The number of hydrogen-bond donors (Lipinski definition) is 1. The minimum Gasteiger partial charge on any atom is -0.382 e. The van der Waals surface area contributed by atoms with Crippen molar-refractivity contribution < 1.29 is 0 Å². The lowest BCUT2D eigenvalue weighted by molar-refractivity contribution is 0.935. The van der Waals surface area contributed by atoms with E-state index in [1.807, 2.05) is 6.07 Å². The summed E-state index contributed by atoms with van der Waals surface area (Å²) in [6.45, 7) is 0. The maximum Gasteiger partial charge on any atom is 0.146 e. The van der Waals surface area contributed by atoms with Gasteiger partial charge in [-0.25, -0.2) is 4.98 Å². The van der Waals surface area contributed by atoms with Crippen LogP contribution in [0.1, 0.15) is 0 Å². The minimum atomic E-state index is 0.406. The van der Waals surface area contributed by atoms with Crippen molar-refractivity contribution in [1.29, 1.82) is 0 Å². The molecule has 0 atom stereocenters. The summed E-state index contributed by atoms with van der Waals surface area (Å²) >= 11 is 7.13. The van der Waals surface area contributed by atoms with Crippen LogP contribution in [0.4, 0.5) is 5.82 Å². The summed E-state index contributed by atoms with van der Waals surface area (Å²) < 4.78 is 0. The monoisotopic (exact) mass is 238 g/mol. The van der Waals surface area contributed by atoms with Gasteiger partial charge < -0.3 is 5.73 Å². The first kappa shape index (κ1) is 10.2. The highest BCUT2D eigenvalue weighted by atomic mass is 35.5. The lowest BCUT2D eigenvalue weighted by Gasteiger charge is -1.99. The molecule has 0 unspecified atom stereocenters. The third-order valence-corrected chi connectivity index (χ3v) is 2.67. The average molecular weight is 239 g/mol. The van der Waals surface area contributed by atoms with E-state index in [-0.39, 0.29) is 0 Å². The van der Waals surface area contributed by atoms with Gasteiger partial charge in [-0.2, -0.15) is 0 Å². The second kappa shape index (κ2) is 4.46. The van der Waals surface area contributed by atoms with Gasteiger partial charge in [0.1, 0.15) is 15.9 Å². The molecule has 0 amide bonds. The molecule has 2 aromatic heterocycles. The first-order chi connectivity index (χ1) is 7.24. The fourth-order valence-electron chi connectivity index (χ4n) is 0.915. The predicted octanol–water partition coefficient (Wildman–Crippen LogP) is 2.26. The zero-order valence-electron chi connectivity index (χ0n) is 7.59. The molecule has 2 heterocycles. The topological polar surface area (TPSA) is 64.7 Å². The number of hydrogen-bond acceptors (Lipinski definition) is 5. The van der Waals surface area contributed by atoms with Gasteiger partial charge in [0.2, 0.25) is 0 Å². The molecule has 0 aliphatic carbocycles. The van der Waals surface area contributed by atoms with E-state index in [1.54, 1.807) is 24.4 Å². The van der Waals surface area contributed by atoms with Crippen LogP contribution in [0.5, 0.6) is 0 Å². The summed E-state index contributed by atoms with van der Waals surface area (Å²) in [5, 5.41) is 9.84. The van der Waals surface area contributed by atoms with Crippen molar-refractivity contribution in [2.75, 3.05) is 5.73 Å². The van der Waals surface area contributed by atoms with Crippen LogP contribution in [0.3, 0.4) is 0 Å². The highest BCUT2D eigenvalue weighted by Gasteiger charge is 2.00. The number of nitrogens with two attached hydrogens (primary N) is 1.